The highest BCUT2D eigenvalue weighted by Gasteiger charge is 2.06. The van der Waals surface area contributed by atoms with Gasteiger partial charge in [-0.3, -0.25) is 9.59 Å². The number of amides is 2. The van der Waals surface area contributed by atoms with E-state index in [2.05, 4.69) is 15.8 Å². The lowest BCUT2D eigenvalue weighted by Gasteiger charge is -2.11. The molecule has 142 valence electrons. The first-order valence-electron chi connectivity index (χ1n) is 9.00. The van der Waals surface area contributed by atoms with Crippen LogP contribution in [0.4, 0.5) is 11.4 Å². The summed E-state index contributed by atoms with van der Waals surface area (Å²) in [6.45, 7) is 2.04. The molecule has 2 aromatic rings. The molecule has 6 heteroatoms. The van der Waals surface area contributed by atoms with Gasteiger partial charge in [0.2, 0.25) is 5.91 Å². The Bertz CT molecular complexity index is 781. The number of hydrogen-bond acceptors (Lipinski definition) is 4. The molecule has 6 nitrogen and oxygen atoms in total. The zero-order chi connectivity index (χ0) is 19.6. The Morgan fingerprint density at radius 2 is 1.70 bits per heavy atom. The molecule has 0 unspecified atom stereocenters. The summed E-state index contributed by atoms with van der Waals surface area (Å²) >= 11 is 0. The van der Waals surface area contributed by atoms with E-state index >= 15 is 0 Å². The third-order valence-corrected chi connectivity index (χ3v) is 3.98. The van der Waals surface area contributed by atoms with Gasteiger partial charge >= 0.3 is 0 Å². The molecule has 0 bridgehead atoms. The average molecular weight is 366 g/mol. The number of rotatable bonds is 8. The minimum absolute atomic E-state index is 0.0149. The molecular weight excluding hydrogens is 340 g/mol. The molecule has 0 fully saturated rings. The molecule has 2 amide bonds. The second kappa shape index (κ2) is 10.1. The summed E-state index contributed by atoms with van der Waals surface area (Å²) < 4.78 is 0. The summed E-state index contributed by atoms with van der Waals surface area (Å²) in [5.74, 6) is -0.320. The fourth-order valence-electron chi connectivity index (χ4n) is 2.35. The highest BCUT2D eigenvalue weighted by molar-refractivity contribution is 5.96. The van der Waals surface area contributed by atoms with Crippen LogP contribution in [0, 0.1) is 0 Å². The van der Waals surface area contributed by atoms with E-state index < -0.39 is 0 Å². The molecule has 0 aliphatic rings. The summed E-state index contributed by atoms with van der Waals surface area (Å²) in [4.78, 5) is 25.9. The van der Waals surface area contributed by atoms with Crippen molar-refractivity contribution in [2.45, 2.75) is 26.2 Å². The fourth-order valence-corrected chi connectivity index (χ4v) is 2.35. The molecular formula is C21H26N4O2. The number of carbonyl (C=O) groups is 2. The van der Waals surface area contributed by atoms with Crippen molar-refractivity contribution in [1.29, 1.82) is 0 Å². The average Bonchev–Trinajstić information content (AvgIpc) is 2.67. The van der Waals surface area contributed by atoms with Crippen LogP contribution in [-0.2, 0) is 4.79 Å². The van der Waals surface area contributed by atoms with Crippen molar-refractivity contribution in [3.8, 4) is 0 Å². The lowest BCUT2D eigenvalue weighted by molar-refractivity contribution is -0.116. The Morgan fingerprint density at radius 1 is 1.04 bits per heavy atom. The standard InChI is InChI=1S/C21H26N4O2/c1-4-5-6-20(26)23-18-11-9-17(10-12-18)21(27)24-22-15-16-7-13-19(14-8-16)25(2)3/h7-15H,4-6H2,1-3H3,(H,23,26)(H,24,27). The highest BCUT2D eigenvalue weighted by Crippen LogP contribution is 2.12. The van der Waals surface area contributed by atoms with Crippen LogP contribution in [0.3, 0.4) is 0 Å². The van der Waals surface area contributed by atoms with Gasteiger partial charge in [0, 0.05) is 37.5 Å². The molecule has 0 aromatic heterocycles. The smallest absolute Gasteiger partial charge is 0.271 e. The minimum atomic E-state index is -0.306. The molecule has 0 spiro atoms. The zero-order valence-electron chi connectivity index (χ0n) is 16.0. The first-order chi connectivity index (χ1) is 13.0. The topological polar surface area (TPSA) is 73.8 Å². The number of nitrogens with zero attached hydrogens (tertiary/aromatic N) is 2. The van der Waals surface area contributed by atoms with E-state index in [-0.39, 0.29) is 11.8 Å². The summed E-state index contributed by atoms with van der Waals surface area (Å²) in [5.41, 5.74) is 5.65. The molecule has 27 heavy (non-hydrogen) atoms. The van der Waals surface area contributed by atoms with Crippen molar-refractivity contribution in [1.82, 2.24) is 5.43 Å². The van der Waals surface area contributed by atoms with Crippen LogP contribution in [0.25, 0.3) is 0 Å². The number of carbonyl (C=O) groups excluding carboxylic acids is 2. The predicted octanol–water partition coefficient (Wildman–Crippen LogP) is 3.65. The maximum atomic E-state index is 12.1. The van der Waals surface area contributed by atoms with Gasteiger partial charge in [-0.05, 0) is 48.4 Å². The Kier molecular flexibility index (Phi) is 7.55. The molecule has 0 radical (unpaired) electrons. The Labute approximate surface area is 160 Å². The largest absolute Gasteiger partial charge is 0.378 e. The van der Waals surface area contributed by atoms with Gasteiger partial charge < -0.3 is 10.2 Å². The summed E-state index contributed by atoms with van der Waals surface area (Å²) in [5, 5.41) is 6.81. The SMILES string of the molecule is CCCCC(=O)Nc1ccc(C(=O)NN=Cc2ccc(N(C)C)cc2)cc1. The van der Waals surface area contributed by atoms with Gasteiger partial charge in [-0.1, -0.05) is 25.5 Å². The normalized spacial score (nSPS) is 10.6. The Hall–Kier alpha value is -3.15. The van der Waals surface area contributed by atoms with Gasteiger partial charge in [-0.15, -0.1) is 0 Å². The van der Waals surface area contributed by atoms with Crippen molar-refractivity contribution >= 4 is 29.4 Å². The number of hydrazone groups is 1. The lowest BCUT2D eigenvalue weighted by atomic mass is 10.2. The van der Waals surface area contributed by atoms with Gasteiger partial charge in [0.15, 0.2) is 0 Å². The molecule has 0 atom stereocenters. The minimum Gasteiger partial charge on any atom is -0.378 e. The number of anilines is 2. The third-order valence-electron chi connectivity index (χ3n) is 3.98. The van der Waals surface area contributed by atoms with Crippen LogP contribution < -0.4 is 15.6 Å². The van der Waals surface area contributed by atoms with E-state index in [0.717, 1.165) is 24.1 Å². The highest BCUT2D eigenvalue weighted by atomic mass is 16.2. The third kappa shape index (κ3) is 6.58. The Balaban J connectivity index is 1.87. The number of unbranched alkanes of at least 4 members (excludes halogenated alkanes) is 1. The van der Waals surface area contributed by atoms with Gasteiger partial charge in [0.1, 0.15) is 0 Å². The second-order valence-electron chi connectivity index (χ2n) is 6.41. The predicted molar refractivity (Wildman–Crippen MR) is 110 cm³/mol. The molecule has 2 N–H and O–H groups in total. The van der Waals surface area contributed by atoms with Crippen molar-refractivity contribution in [2.75, 3.05) is 24.3 Å². The van der Waals surface area contributed by atoms with Gasteiger partial charge in [-0.2, -0.15) is 5.10 Å². The van der Waals surface area contributed by atoms with Crippen molar-refractivity contribution < 1.29 is 9.59 Å². The Morgan fingerprint density at radius 3 is 2.30 bits per heavy atom. The lowest BCUT2D eigenvalue weighted by Crippen LogP contribution is -2.17. The first kappa shape index (κ1) is 20.2. The van der Waals surface area contributed by atoms with Gasteiger partial charge in [-0.25, -0.2) is 5.43 Å². The van der Waals surface area contributed by atoms with Crippen molar-refractivity contribution in [3.63, 3.8) is 0 Å². The first-order valence-corrected chi connectivity index (χ1v) is 9.00. The van der Waals surface area contributed by atoms with Gasteiger partial charge in [0.25, 0.3) is 5.91 Å². The molecule has 0 aliphatic carbocycles. The number of hydrogen-bond donors (Lipinski definition) is 2. The van der Waals surface area contributed by atoms with E-state index in [1.807, 2.05) is 50.2 Å². The molecule has 0 aliphatic heterocycles. The molecule has 2 aromatic carbocycles. The van der Waals surface area contributed by atoms with E-state index in [4.69, 9.17) is 0 Å². The van der Waals surface area contributed by atoms with Crippen LogP contribution in [0.15, 0.2) is 53.6 Å². The molecule has 2 rings (SSSR count). The second-order valence-corrected chi connectivity index (χ2v) is 6.41. The molecule has 0 saturated heterocycles. The van der Waals surface area contributed by atoms with E-state index in [1.165, 1.54) is 0 Å². The zero-order valence-corrected chi connectivity index (χ0v) is 16.0. The summed E-state index contributed by atoms with van der Waals surface area (Å²) in [7, 11) is 3.95. The van der Waals surface area contributed by atoms with Crippen LogP contribution in [0.5, 0.6) is 0 Å². The maximum absolute atomic E-state index is 12.1. The van der Waals surface area contributed by atoms with Crippen LogP contribution in [0.1, 0.15) is 42.1 Å². The van der Waals surface area contributed by atoms with E-state index in [9.17, 15) is 9.59 Å². The van der Waals surface area contributed by atoms with Crippen LogP contribution in [0.2, 0.25) is 0 Å². The summed E-state index contributed by atoms with van der Waals surface area (Å²) in [6, 6.07) is 14.6. The number of nitrogens with one attached hydrogen (secondary N) is 2. The van der Waals surface area contributed by atoms with Gasteiger partial charge in [0.05, 0.1) is 6.21 Å². The summed E-state index contributed by atoms with van der Waals surface area (Å²) in [6.07, 6.45) is 3.94. The quantitative estimate of drug-likeness (QED) is 0.553. The maximum Gasteiger partial charge on any atom is 0.271 e. The fraction of sp³-hybridized carbons (Fsp3) is 0.286. The van der Waals surface area contributed by atoms with Crippen molar-refractivity contribution in [2.24, 2.45) is 5.10 Å². The number of benzene rings is 2. The van der Waals surface area contributed by atoms with E-state index in [0.29, 0.717) is 17.7 Å². The monoisotopic (exact) mass is 366 g/mol. The molecule has 0 heterocycles. The molecule has 0 saturated carbocycles. The van der Waals surface area contributed by atoms with Crippen LogP contribution in [-0.4, -0.2) is 32.1 Å². The van der Waals surface area contributed by atoms with E-state index in [1.54, 1.807) is 30.5 Å². The van der Waals surface area contributed by atoms with Crippen molar-refractivity contribution in [3.05, 3.63) is 59.7 Å². The van der Waals surface area contributed by atoms with Crippen LogP contribution >= 0.6 is 0 Å².